The lowest BCUT2D eigenvalue weighted by molar-refractivity contribution is -0.127. The van der Waals surface area contributed by atoms with Crippen LogP contribution in [0.25, 0.3) is 0 Å². The molecule has 2 saturated heterocycles. The van der Waals surface area contributed by atoms with Gasteiger partial charge in [-0.05, 0) is 5.16 Å². The van der Waals surface area contributed by atoms with Gasteiger partial charge in [-0.3, -0.25) is 4.79 Å². The van der Waals surface area contributed by atoms with Crippen LogP contribution in [-0.2, 0) is 14.3 Å². The van der Waals surface area contributed by atoms with E-state index in [1.165, 1.54) is 0 Å². The lowest BCUT2D eigenvalue weighted by atomic mass is 10.0. The summed E-state index contributed by atoms with van der Waals surface area (Å²) in [5.41, 5.74) is 0. The molecular weight excluding hydrogens is 238 g/mol. The molecule has 2 aliphatic rings. The minimum Gasteiger partial charge on any atom is -0.380 e. The van der Waals surface area contributed by atoms with Crippen LogP contribution in [0.2, 0.25) is 0 Å². The molecule has 0 bridgehead atoms. The molecule has 1 atom stereocenters. The van der Waals surface area contributed by atoms with E-state index in [1.54, 1.807) is 0 Å². The van der Waals surface area contributed by atoms with E-state index in [1.807, 2.05) is 4.90 Å². The van der Waals surface area contributed by atoms with Crippen molar-refractivity contribution in [1.82, 2.24) is 10.1 Å². The number of hydrogen-bond donors (Lipinski definition) is 0. The highest BCUT2D eigenvalue weighted by atomic mass is 16.5. The standard InChI is InChI=1S/C11H15N3O4/c15-9-1-4-17-7-8(9)10-12-11(13-18-10)14-2-5-16-6-3-14/h8H,1-7H2. The maximum atomic E-state index is 11.7. The normalized spacial score (nSPS) is 25.4. The van der Waals surface area contributed by atoms with Crippen LogP contribution in [0.1, 0.15) is 18.2 Å². The molecule has 0 radical (unpaired) electrons. The molecule has 98 valence electrons. The molecule has 7 heteroatoms. The molecule has 1 aromatic rings. The number of morpholine rings is 1. The number of rotatable bonds is 2. The monoisotopic (exact) mass is 253 g/mol. The molecule has 18 heavy (non-hydrogen) atoms. The molecule has 0 amide bonds. The number of nitrogens with zero attached hydrogens (tertiary/aromatic N) is 3. The zero-order valence-electron chi connectivity index (χ0n) is 10.0. The Labute approximate surface area is 104 Å². The Balaban J connectivity index is 1.73. The average molecular weight is 253 g/mol. The van der Waals surface area contributed by atoms with Crippen molar-refractivity contribution in [3.8, 4) is 0 Å². The molecule has 0 aromatic carbocycles. The van der Waals surface area contributed by atoms with Gasteiger partial charge in [-0.2, -0.15) is 4.98 Å². The van der Waals surface area contributed by atoms with Gasteiger partial charge in [0.15, 0.2) is 0 Å². The highest BCUT2D eigenvalue weighted by molar-refractivity contribution is 5.85. The Hall–Kier alpha value is -1.47. The first kappa shape index (κ1) is 11.6. The maximum Gasteiger partial charge on any atom is 0.266 e. The number of hydrogen-bond acceptors (Lipinski definition) is 7. The zero-order valence-corrected chi connectivity index (χ0v) is 10.0. The topological polar surface area (TPSA) is 77.7 Å². The Morgan fingerprint density at radius 2 is 2.00 bits per heavy atom. The molecular formula is C11H15N3O4. The molecule has 0 spiro atoms. The first-order valence-electron chi connectivity index (χ1n) is 6.11. The summed E-state index contributed by atoms with van der Waals surface area (Å²) in [6, 6.07) is 0. The fourth-order valence-electron chi connectivity index (χ4n) is 2.11. The van der Waals surface area contributed by atoms with E-state index in [0.717, 1.165) is 13.1 Å². The molecule has 7 nitrogen and oxygen atoms in total. The van der Waals surface area contributed by atoms with Gasteiger partial charge < -0.3 is 18.9 Å². The van der Waals surface area contributed by atoms with Crippen LogP contribution in [0.15, 0.2) is 4.52 Å². The van der Waals surface area contributed by atoms with Gasteiger partial charge in [0.1, 0.15) is 11.7 Å². The van der Waals surface area contributed by atoms with Crippen LogP contribution >= 0.6 is 0 Å². The summed E-state index contributed by atoms with van der Waals surface area (Å²) in [5.74, 6) is 0.604. The minimum atomic E-state index is -0.402. The van der Waals surface area contributed by atoms with Crippen molar-refractivity contribution in [2.45, 2.75) is 12.3 Å². The molecule has 1 aromatic heterocycles. The Bertz CT molecular complexity index is 428. The number of ketones is 1. The van der Waals surface area contributed by atoms with Gasteiger partial charge in [-0.15, -0.1) is 0 Å². The fraction of sp³-hybridized carbons (Fsp3) is 0.727. The predicted octanol–water partition coefficient (Wildman–Crippen LogP) is -0.0208. The summed E-state index contributed by atoms with van der Waals surface area (Å²) in [6.07, 6.45) is 0.417. The van der Waals surface area contributed by atoms with Crippen molar-refractivity contribution in [3.05, 3.63) is 5.89 Å². The number of carbonyl (C=O) groups is 1. The van der Waals surface area contributed by atoms with E-state index in [0.29, 0.717) is 44.7 Å². The van der Waals surface area contributed by atoms with Gasteiger partial charge >= 0.3 is 0 Å². The van der Waals surface area contributed by atoms with Gasteiger partial charge in [0.25, 0.3) is 5.95 Å². The van der Waals surface area contributed by atoms with Crippen molar-refractivity contribution in [2.24, 2.45) is 0 Å². The molecule has 0 saturated carbocycles. The largest absolute Gasteiger partial charge is 0.380 e. The summed E-state index contributed by atoms with van der Waals surface area (Å²) >= 11 is 0. The number of aromatic nitrogens is 2. The van der Waals surface area contributed by atoms with Crippen LogP contribution in [0, 0.1) is 0 Å². The highest BCUT2D eigenvalue weighted by Crippen LogP contribution is 2.23. The smallest absolute Gasteiger partial charge is 0.266 e. The van der Waals surface area contributed by atoms with Crippen molar-refractivity contribution in [1.29, 1.82) is 0 Å². The second kappa shape index (κ2) is 5.03. The Morgan fingerprint density at radius 1 is 1.17 bits per heavy atom. The summed E-state index contributed by atoms with van der Waals surface area (Å²) in [5, 5.41) is 3.93. The van der Waals surface area contributed by atoms with E-state index in [4.69, 9.17) is 14.0 Å². The molecule has 3 heterocycles. The van der Waals surface area contributed by atoms with Gasteiger partial charge in [0, 0.05) is 19.5 Å². The third-order valence-corrected chi connectivity index (χ3v) is 3.19. The van der Waals surface area contributed by atoms with Gasteiger partial charge in [0.05, 0.1) is 26.4 Å². The fourth-order valence-corrected chi connectivity index (χ4v) is 2.11. The summed E-state index contributed by atoms with van der Waals surface area (Å²) < 4.78 is 15.7. The first-order valence-corrected chi connectivity index (χ1v) is 6.11. The SMILES string of the molecule is O=C1CCOCC1c1nc(N2CCOCC2)no1. The Kier molecular flexibility index (Phi) is 3.24. The van der Waals surface area contributed by atoms with E-state index >= 15 is 0 Å². The van der Waals surface area contributed by atoms with Gasteiger partial charge in [-0.25, -0.2) is 0 Å². The van der Waals surface area contributed by atoms with Crippen LogP contribution in [0.4, 0.5) is 5.95 Å². The average Bonchev–Trinajstić information content (AvgIpc) is 2.90. The number of ether oxygens (including phenoxy) is 2. The maximum absolute atomic E-state index is 11.7. The lowest BCUT2D eigenvalue weighted by Crippen LogP contribution is -2.37. The summed E-state index contributed by atoms with van der Waals surface area (Å²) in [6.45, 7) is 3.64. The molecule has 3 rings (SSSR count). The lowest BCUT2D eigenvalue weighted by Gasteiger charge is -2.24. The molecule has 1 unspecified atom stereocenters. The summed E-state index contributed by atoms with van der Waals surface area (Å²) in [7, 11) is 0. The molecule has 2 aliphatic heterocycles. The van der Waals surface area contributed by atoms with Crippen molar-refractivity contribution in [2.75, 3.05) is 44.4 Å². The van der Waals surface area contributed by atoms with Crippen molar-refractivity contribution >= 4 is 11.7 Å². The molecule has 0 N–H and O–H groups in total. The minimum absolute atomic E-state index is 0.110. The summed E-state index contributed by atoms with van der Waals surface area (Å²) in [4.78, 5) is 18.0. The van der Waals surface area contributed by atoms with Crippen LogP contribution in [0.5, 0.6) is 0 Å². The van der Waals surface area contributed by atoms with Crippen LogP contribution in [-0.4, -0.2) is 55.4 Å². The second-order valence-electron chi connectivity index (χ2n) is 4.38. The van der Waals surface area contributed by atoms with E-state index in [2.05, 4.69) is 10.1 Å². The van der Waals surface area contributed by atoms with Gasteiger partial charge in [0.2, 0.25) is 5.89 Å². The molecule has 0 aliphatic carbocycles. The zero-order chi connectivity index (χ0) is 12.4. The third-order valence-electron chi connectivity index (χ3n) is 3.19. The molecule has 2 fully saturated rings. The predicted molar refractivity (Wildman–Crippen MR) is 60.5 cm³/mol. The highest BCUT2D eigenvalue weighted by Gasteiger charge is 2.30. The van der Waals surface area contributed by atoms with Crippen LogP contribution in [0.3, 0.4) is 0 Å². The van der Waals surface area contributed by atoms with E-state index in [9.17, 15) is 4.79 Å². The first-order chi connectivity index (χ1) is 8.84. The quantitative estimate of drug-likeness (QED) is 0.732. The number of carbonyl (C=O) groups excluding carboxylic acids is 1. The second-order valence-corrected chi connectivity index (χ2v) is 4.38. The van der Waals surface area contributed by atoms with Crippen molar-refractivity contribution < 1.29 is 18.8 Å². The van der Waals surface area contributed by atoms with Gasteiger partial charge in [-0.1, -0.05) is 0 Å². The van der Waals surface area contributed by atoms with E-state index in [-0.39, 0.29) is 5.78 Å². The van der Waals surface area contributed by atoms with Crippen molar-refractivity contribution in [3.63, 3.8) is 0 Å². The number of Topliss-reactive ketones (excluding diaryl/α,β-unsaturated/α-hetero) is 1. The Morgan fingerprint density at radius 3 is 2.78 bits per heavy atom. The third kappa shape index (κ3) is 2.23. The van der Waals surface area contributed by atoms with E-state index < -0.39 is 5.92 Å². The van der Waals surface area contributed by atoms with Crippen LogP contribution < -0.4 is 4.90 Å². The number of anilines is 1.